The van der Waals surface area contributed by atoms with E-state index < -0.39 is 17.9 Å². The van der Waals surface area contributed by atoms with Crippen LogP contribution in [0.5, 0.6) is 11.5 Å². The van der Waals surface area contributed by atoms with Crippen LogP contribution in [-0.2, 0) is 11.2 Å². The highest BCUT2D eigenvalue weighted by Gasteiger charge is 2.39. The summed E-state index contributed by atoms with van der Waals surface area (Å²) < 4.78 is 10.9. The molecule has 0 fully saturated rings. The molecule has 1 heterocycles. The van der Waals surface area contributed by atoms with Crippen molar-refractivity contribution in [2.24, 2.45) is 0 Å². The maximum atomic E-state index is 14.3. The van der Waals surface area contributed by atoms with Gasteiger partial charge in [-0.1, -0.05) is 61.0 Å². The highest BCUT2D eigenvalue weighted by atomic mass is 35.5. The summed E-state index contributed by atoms with van der Waals surface area (Å²) in [6, 6.07) is 23.7. The molecule has 0 spiro atoms. The average molecular weight is 573 g/mol. The van der Waals surface area contributed by atoms with Crippen molar-refractivity contribution in [2.45, 2.75) is 31.9 Å². The maximum absolute atomic E-state index is 14.3. The summed E-state index contributed by atoms with van der Waals surface area (Å²) in [5.74, 6) is 0.188. The van der Waals surface area contributed by atoms with E-state index in [2.05, 4.69) is 5.32 Å². The molecule has 0 aliphatic carbocycles. The van der Waals surface area contributed by atoms with E-state index in [1.54, 1.807) is 29.2 Å². The van der Waals surface area contributed by atoms with Gasteiger partial charge in [-0.25, -0.2) is 0 Å². The lowest BCUT2D eigenvalue weighted by Crippen LogP contribution is -2.40. The Morgan fingerprint density at radius 3 is 2.34 bits per heavy atom. The zero-order valence-corrected chi connectivity index (χ0v) is 24.0. The lowest BCUT2D eigenvalue weighted by Gasteiger charge is -2.35. The molecule has 41 heavy (non-hydrogen) atoms. The molecular formula is C33H33ClN2O5. The molecule has 2 unspecified atom stereocenters. The van der Waals surface area contributed by atoms with Gasteiger partial charge in [0.1, 0.15) is 6.10 Å². The van der Waals surface area contributed by atoms with Crippen LogP contribution in [0.4, 0.5) is 11.4 Å². The highest BCUT2D eigenvalue weighted by molar-refractivity contribution is 6.30. The first kappa shape index (κ1) is 28.3. The minimum atomic E-state index is -1.38. The molecule has 1 aliphatic heterocycles. The van der Waals surface area contributed by atoms with Gasteiger partial charge in [0.15, 0.2) is 17.3 Å². The predicted molar refractivity (Wildman–Crippen MR) is 163 cm³/mol. The first-order chi connectivity index (χ1) is 19.8. The second-order valence-electron chi connectivity index (χ2n) is 10.0. The van der Waals surface area contributed by atoms with Crippen molar-refractivity contribution in [1.82, 2.24) is 0 Å². The van der Waals surface area contributed by atoms with Gasteiger partial charge in [-0.2, -0.15) is 0 Å². The highest BCUT2D eigenvalue weighted by Crippen LogP contribution is 2.45. The molecule has 0 saturated heterocycles. The molecule has 7 nitrogen and oxygen atoms in total. The standard InChI is InChI=1S/C33H33ClN2O5/c1-4-15-36-27-19-29(41-3)28(40-2)18-25(27)31(37)30(33(36)39)32(38)26(16-20-9-12-23(34)13-10-20)35-24-14-11-21-7-5-6-8-22(21)17-24/h5-14,17-19,26,31,35,37,39H,4,15-16H2,1-3H3. The number of methoxy groups -OCH3 is 2. The van der Waals surface area contributed by atoms with Crippen molar-refractivity contribution in [3.63, 3.8) is 0 Å². The molecule has 212 valence electrons. The molecule has 0 saturated carbocycles. The van der Waals surface area contributed by atoms with Crippen molar-refractivity contribution < 1.29 is 24.5 Å². The molecule has 4 aromatic carbocycles. The van der Waals surface area contributed by atoms with E-state index >= 15 is 0 Å². The molecule has 4 aromatic rings. The summed E-state index contributed by atoms with van der Waals surface area (Å²) >= 11 is 6.12. The fraction of sp³-hybridized carbons (Fsp3) is 0.242. The molecular weight excluding hydrogens is 540 g/mol. The van der Waals surface area contributed by atoms with Gasteiger partial charge in [0.2, 0.25) is 5.88 Å². The number of Topliss-reactive ketones (excluding diaryl/α,β-unsaturated/α-hetero) is 1. The summed E-state index contributed by atoms with van der Waals surface area (Å²) in [6.45, 7) is 2.41. The van der Waals surface area contributed by atoms with Crippen LogP contribution in [-0.4, -0.2) is 42.8 Å². The number of aliphatic hydroxyl groups is 2. The molecule has 1 aliphatic rings. The van der Waals surface area contributed by atoms with Gasteiger partial charge in [0.25, 0.3) is 0 Å². The smallest absolute Gasteiger partial charge is 0.201 e. The Hall–Kier alpha value is -4.20. The van der Waals surface area contributed by atoms with E-state index in [0.29, 0.717) is 47.2 Å². The van der Waals surface area contributed by atoms with Gasteiger partial charge < -0.3 is 29.9 Å². The number of halogens is 1. The zero-order chi connectivity index (χ0) is 29.1. The quantitative estimate of drug-likeness (QED) is 0.192. The number of carbonyl (C=O) groups excluding carboxylic acids is 1. The van der Waals surface area contributed by atoms with Crippen LogP contribution in [0, 0.1) is 0 Å². The van der Waals surface area contributed by atoms with Crippen molar-refractivity contribution in [1.29, 1.82) is 0 Å². The number of ketones is 1. The van der Waals surface area contributed by atoms with Crippen molar-refractivity contribution in [3.05, 3.63) is 106 Å². The monoisotopic (exact) mass is 572 g/mol. The Morgan fingerprint density at radius 1 is 0.976 bits per heavy atom. The summed E-state index contributed by atoms with van der Waals surface area (Å²) in [6.07, 6.45) is -0.380. The van der Waals surface area contributed by atoms with Crippen molar-refractivity contribution in [3.8, 4) is 11.5 Å². The Labute approximate surface area is 244 Å². The molecule has 8 heteroatoms. The number of benzene rings is 4. The van der Waals surface area contributed by atoms with Crippen molar-refractivity contribution >= 4 is 39.5 Å². The summed E-state index contributed by atoms with van der Waals surface area (Å²) in [7, 11) is 3.04. The van der Waals surface area contributed by atoms with E-state index in [-0.39, 0.29) is 11.5 Å². The third-order valence-electron chi connectivity index (χ3n) is 7.36. The molecule has 0 aromatic heterocycles. The normalized spacial score (nSPS) is 15.4. The number of ether oxygens (including phenoxy) is 2. The Morgan fingerprint density at radius 2 is 1.66 bits per heavy atom. The molecule has 2 atom stereocenters. The molecule has 5 rings (SSSR count). The van der Waals surface area contributed by atoms with E-state index in [0.717, 1.165) is 22.0 Å². The van der Waals surface area contributed by atoms with Crippen molar-refractivity contribution in [2.75, 3.05) is 31.0 Å². The van der Waals surface area contributed by atoms with Crippen LogP contribution in [0.1, 0.15) is 30.6 Å². The van der Waals surface area contributed by atoms with E-state index in [9.17, 15) is 15.0 Å². The third kappa shape index (κ3) is 5.69. The zero-order valence-electron chi connectivity index (χ0n) is 23.2. The topological polar surface area (TPSA) is 91.3 Å². The first-order valence-corrected chi connectivity index (χ1v) is 13.9. The van der Waals surface area contributed by atoms with E-state index in [1.807, 2.05) is 61.5 Å². The van der Waals surface area contributed by atoms with Gasteiger partial charge in [-0.3, -0.25) is 4.79 Å². The summed E-state index contributed by atoms with van der Waals surface area (Å²) in [4.78, 5) is 16.0. The van der Waals surface area contributed by atoms with Crippen LogP contribution in [0.2, 0.25) is 5.02 Å². The Bertz CT molecular complexity index is 1600. The summed E-state index contributed by atoms with van der Waals surface area (Å²) in [5, 5.41) is 29.2. The number of hydrogen-bond acceptors (Lipinski definition) is 7. The molecule has 0 radical (unpaired) electrons. The molecule has 3 N–H and O–H groups in total. The van der Waals surface area contributed by atoms with Crippen LogP contribution in [0.15, 0.2) is 90.3 Å². The van der Waals surface area contributed by atoms with Gasteiger partial charge in [-0.05, 0) is 53.1 Å². The molecule has 0 amide bonds. The van der Waals surface area contributed by atoms with Crippen LogP contribution in [0.3, 0.4) is 0 Å². The average Bonchev–Trinajstić information content (AvgIpc) is 2.99. The Kier molecular flexibility index (Phi) is 8.38. The number of nitrogens with one attached hydrogen (secondary N) is 1. The van der Waals surface area contributed by atoms with Crippen LogP contribution < -0.4 is 19.7 Å². The van der Waals surface area contributed by atoms with Gasteiger partial charge in [0, 0.05) is 35.3 Å². The van der Waals surface area contributed by atoms with Crippen LogP contribution in [0.25, 0.3) is 10.8 Å². The number of rotatable bonds is 10. The fourth-order valence-electron chi connectivity index (χ4n) is 5.30. The number of hydrogen-bond donors (Lipinski definition) is 3. The number of anilines is 2. The second-order valence-corrected chi connectivity index (χ2v) is 10.4. The Balaban J connectivity index is 1.58. The largest absolute Gasteiger partial charge is 0.494 e. The van der Waals surface area contributed by atoms with Gasteiger partial charge >= 0.3 is 0 Å². The fourth-order valence-corrected chi connectivity index (χ4v) is 5.43. The number of nitrogens with zero attached hydrogens (tertiary/aromatic N) is 1. The second kappa shape index (κ2) is 12.1. The number of aliphatic hydroxyl groups excluding tert-OH is 2. The van der Waals surface area contributed by atoms with E-state index in [4.69, 9.17) is 21.1 Å². The number of carbonyl (C=O) groups is 1. The lowest BCUT2D eigenvalue weighted by molar-refractivity contribution is -0.117. The third-order valence-corrected chi connectivity index (χ3v) is 7.61. The predicted octanol–water partition coefficient (Wildman–Crippen LogP) is 6.84. The van der Waals surface area contributed by atoms with Gasteiger partial charge in [0.05, 0.1) is 31.5 Å². The van der Waals surface area contributed by atoms with Gasteiger partial charge in [-0.15, -0.1) is 0 Å². The minimum absolute atomic E-state index is 0.0783. The van der Waals surface area contributed by atoms with Crippen LogP contribution >= 0.6 is 11.6 Å². The maximum Gasteiger partial charge on any atom is 0.201 e. The molecule has 0 bridgehead atoms. The summed E-state index contributed by atoms with van der Waals surface area (Å²) in [5.41, 5.74) is 2.56. The SMILES string of the molecule is CCCN1C(O)=C(C(=O)C(Cc2ccc(Cl)cc2)Nc2ccc3ccccc3c2)C(O)c2cc(OC)c(OC)cc21. The lowest BCUT2D eigenvalue weighted by atomic mass is 9.88. The minimum Gasteiger partial charge on any atom is -0.494 e. The van der Waals surface area contributed by atoms with E-state index in [1.165, 1.54) is 14.2 Å². The first-order valence-electron chi connectivity index (χ1n) is 13.5. The number of fused-ring (bicyclic) bond motifs is 2.